The molecule has 0 aromatic rings. The first kappa shape index (κ1) is 13.8. The Labute approximate surface area is 94.0 Å². The number of carbonyl (C=O) groups excluding carboxylic acids is 1. The summed E-state index contributed by atoms with van der Waals surface area (Å²) in [6, 6.07) is 0. The second-order valence-corrected chi connectivity index (χ2v) is 3.47. The standard InChI is InChI=1S/C7H10O3.C2H4Cl2/c1-5(2)7(8)10-4-6-3-9-6;3-1-2-4/h6H,1,3-4H2,2H3;1-2H2. The Morgan fingerprint density at radius 2 is 2.07 bits per heavy atom. The summed E-state index contributed by atoms with van der Waals surface area (Å²) in [5, 5.41) is 0. The maximum atomic E-state index is 10.7. The van der Waals surface area contributed by atoms with Crippen molar-refractivity contribution >= 4 is 29.2 Å². The molecule has 0 N–H and O–H groups in total. The molecule has 3 nitrogen and oxygen atoms in total. The number of rotatable bonds is 4. The van der Waals surface area contributed by atoms with E-state index in [4.69, 9.17) is 32.7 Å². The van der Waals surface area contributed by atoms with Crippen molar-refractivity contribution in [2.45, 2.75) is 13.0 Å². The van der Waals surface area contributed by atoms with E-state index in [1.54, 1.807) is 6.92 Å². The van der Waals surface area contributed by atoms with Gasteiger partial charge in [-0.2, -0.15) is 0 Å². The number of hydrogen-bond acceptors (Lipinski definition) is 3. The predicted octanol–water partition coefficient (Wildman–Crippen LogP) is 1.97. The maximum absolute atomic E-state index is 10.7. The van der Waals surface area contributed by atoms with Gasteiger partial charge in [-0.3, -0.25) is 0 Å². The van der Waals surface area contributed by atoms with Gasteiger partial charge in [0, 0.05) is 17.3 Å². The minimum absolute atomic E-state index is 0.142. The van der Waals surface area contributed by atoms with Crippen LogP contribution < -0.4 is 0 Å². The van der Waals surface area contributed by atoms with E-state index in [1.807, 2.05) is 0 Å². The number of hydrogen-bond donors (Lipinski definition) is 0. The summed E-state index contributed by atoms with van der Waals surface area (Å²) >= 11 is 10.1. The highest BCUT2D eigenvalue weighted by Gasteiger charge is 2.24. The lowest BCUT2D eigenvalue weighted by atomic mass is 10.4. The summed E-state index contributed by atoms with van der Waals surface area (Å²) in [7, 11) is 0. The van der Waals surface area contributed by atoms with Gasteiger partial charge in [-0.15, -0.1) is 23.2 Å². The lowest BCUT2D eigenvalue weighted by Crippen LogP contribution is -2.09. The Bertz CT molecular complexity index is 188. The van der Waals surface area contributed by atoms with Gasteiger partial charge in [0.25, 0.3) is 0 Å². The van der Waals surface area contributed by atoms with E-state index in [1.165, 1.54) is 0 Å². The van der Waals surface area contributed by atoms with Crippen LogP contribution in [-0.4, -0.2) is 37.0 Å². The summed E-state index contributed by atoms with van der Waals surface area (Å²) in [4.78, 5) is 10.7. The van der Waals surface area contributed by atoms with E-state index in [-0.39, 0.29) is 12.1 Å². The molecule has 0 bridgehead atoms. The van der Waals surface area contributed by atoms with Crippen molar-refractivity contribution in [1.29, 1.82) is 0 Å². The molecule has 0 aromatic carbocycles. The molecule has 0 aromatic heterocycles. The summed E-state index contributed by atoms with van der Waals surface area (Å²) in [6.07, 6.45) is 0.142. The van der Waals surface area contributed by atoms with Crippen molar-refractivity contribution in [3.05, 3.63) is 12.2 Å². The van der Waals surface area contributed by atoms with Crippen LogP contribution in [0.15, 0.2) is 12.2 Å². The first-order chi connectivity index (χ1) is 6.61. The van der Waals surface area contributed by atoms with Gasteiger partial charge in [-0.25, -0.2) is 4.79 Å². The molecule has 1 atom stereocenters. The number of ether oxygens (including phenoxy) is 2. The van der Waals surface area contributed by atoms with Gasteiger partial charge in [-0.1, -0.05) is 6.58 Å². The fourth-order valence-corrected chi connectivity index (χ4v) is 0.456. The molecule has 0 spiro atoms. The molecule has 1 unspecified atom stereocenters. The van der Waals surface area contributed by atoms with E-state index in [2.05, 4.69) is 6.58 Å². The van der Waals surface area contributed by atoms with Crippen molar-refractivity contribution in [3.63, 3.8) is 0 Å². The zero-order valence-corrected chi connectivity index (χ0v) is 9.61. The first-order valence-electron chi connectivity index (χ1n) is 4.18. The van der Waals surface area contributed by atoms with Gasteiger partial charge in [0.2, 0.25) is 0 Å². The Morgan fingerprint density at radius 3 is 2.36 bits per heavy atom. The third-order valence-electron chi connectivity index (χ3n) is 1.22. The Kier molecular flexibility index (Phi) is 7.95. The van der Waals surface area contributed by atoms with E-state index in [0.717, 1.165) is 0 Å². The van der Waals surface area contributed by atoms with Crippen LogP contribution in [0.4, 0.5) is 0 Å². The maximum Gasteiger partial charge on any atom is 0.333 e. The zero-order chi connectivity index (χ0) is 11.0. The van der Waals surface area contributed by atoms with E-state index >= 15 is 0 Å². The molecule has 14 heavy (non-hydrogen) atoms. The molecular weight excluding hydrogens is 227 g/mol. The Morgan fingerprint density at radius 1 is 1.57 bits per heavy atom. The van der Waals surface area contributed by atoms with E-state index in [0.29, 0.717) is 30.5 Å². The molecule has 82 valence electrons. The van der Waals surface area contributed by atoms with Crippen molar-refractivity contribution in [2.24, 2.45) is 0 Å². The SMILES string of the molecule is C=C(C)C(=O)OCC1CO1.ClCCCl. The van der Waals surface area contributed by atoms with Crippen molar-refractivity contribution in [3.8, 4) is 0 Å². The highest BCUT2D eigenvalue weighted by atomic mass is 35.5. The molecular formula is C9H14Cl2O3. The minimum Gasteiger partial charge on any atom is -0.459 e. The first-order valence-corrected chi connectivity index (χ1v) is 5.24. The molecule has 0 saturated carbocycles. The normalized spacial score (nSPS) is 17.8. The quantitative estimate of drug-likeness (QED) is 0.327. The third kappa shape index (κ3) is 8.35. The van der Waals surface area contributed by atoms with E-state index in [9.17, 15) is 4.79 Å². The monoisotopic (exact) mass is 240 g/mol. The summed E-state index contributed by atoms with van der Waals surface area (Å²) in [5.74, 6) is 0.777. The van der Waals surface area contributed by atoms with Crippen LogP contribution in [0, 0.1) is 0 Å². The molecule has 1 heterocycles. The summed E-state index contributed by atoms with van der Waals surface area (Å²) in [6.45, 7) is 6.14. The molecule has 0 amide bonds. The van der Waals surface area contributed by atoms with Gasteiger partial charge in [0.05, 0.1) is 6.61 Å². The van der Waals surface area contributed by atoms with Crippen molar-refractivity contribution in [1.82, 2.24) is 0 Å². The third-order valence-corrected chi connectivity index (χ3v) is 1.79. The largest absolute Gasteiger partial charge is 0.459 e. The Hall–Kier alpha value is -0.250. The van der Waals surface area contributed by atoms with Crippen molar-refractivity contribution in [2.75, 3.05) is 25.0 Å². The highest BCUT2D eigenvalue weighted by Crippen LogP contribution is 2.09. The molecule has 1 fully saturated rings. The van der Waals surface area contributed by atoms with Crippen LogP contribution in [0.5, 0.6) is 0 Å². The van der Waals surface area contributed by atoms with Gasteiger partial charge >= 0.3 is 5.97 Å². The van der Waals surface area contributed by atoms with Gasteiger partial charge in [-0.05, 0) is 6.92 Å². The van der Waals surface area contributed by atoms with Crippen LogP contribution in [-0.2, 0) is 14.3 Å². The van der Waals surface area contributed by atoms with Gasteiger partial charge < -0.3 is 9.47 Å². The minimum atomic E-state index is -0.337. The number of halogens is 2. The molecule has 1 aliphatic rings. The number of carbonyl (C=O) groups is 1. The lowest BCUT2D eigenvalue weighted by molar-refractivity contribution is -0.139. The number of epoxide rings is 1. The van der Waals surface area contributed by atoms with E-state index < -0.39 is 0 Å². The molecule has 5 heteroatoms. The van der Waals surface area contributed by atoms with Crippen LogP contribution in [0.25, 0.3) is 0 Å². The lowest BCUT2D eigenvalue weighted by Gasteiger charge is -1.99. The van der Waals surface area contributed by atoms with Crippen LogP contribution >= 0.6 is 23.2 Å². The summed E-state index contributed by atoms with van der Waals surface area (Å²) in [5.41, 5.74) is 0.431. The van der Waals surface area contributed by atoms with Gasteiger partial charge in [0.1, 0.15) is 12.7 Å². The Balaban J connectivity index is 0.000000364. The number of esters is 1. The molecule has 0 aliphatic carbocycles. The highest BCUT2D eigenvalue weighted by molar-refractivity contribution is 6.25. The average molecular weight is 241 g/mol. The second-order valence-electron chi connectivity index (χ2n) is 2.71. The molecule has 1 saturated heterocycles. The summed E-state index contributed by atoms with van der Waals surface area (Å²) < 4.78 is 9.60. The number of alkyl halides is 2. The predicted molar refractivity (Wildman–Crippen MR) is 57.0 cm³/mol. The van der Waals surface area contributed by atoms with Crippen LogP contribution in [0.1, 0.15) is 6.92 Å². The molecule has 1 aliphatic heterocycles. The second kappa shape index (κ2) is 8.09. The fourth-order valence-electron chi connectivity index (χ4n) is 0.456. The van der Waals surface area contributed by atoms with Gasteiger partial charge in [0.15, 0.2) is 0 Å². The molecule has 1 rings (SSSR count). The average Bonchev–Trinajstić information content (AvgIpc) is 2.98. The molecule has 0 radical (unpaired) electrons. The topological polar surface area (TPSA) is 38.8 Å². The van der Waals surface area contributed by atoms with Crippen molar-refractivity contribution < 1.29 is 14.3 Å². The smallest absolute Gasteiger partial charge is 0.333 e. The fraction of sp³-hybridized carbons (Fsp3) is 0.667. The van der Waals surface area contributed by atoms with Crippen LogP contribution in [0.2, 0.25) is 0 Å². The zero-order valence-electron chi connectivity index (χ0n) is 8.09. The van der Waals surface area contributed by atoms with Crippen LogP contribution in [0.3, 0.4) is 0 Å².